The minimum absolute atomic E-state index is 0.0432. The molecule has 0 radical (unpaired) electrons. The molecule has 164 valence electrons. The summed E-state index contributed by atoms with van der Waals surface area (Å²) < 4.78 is 16.2. The number of carbonyl (C=O) groups excluding carboxylic acids is 2. The predicted molar refractivity (Wildman–Crippen MR) is 105 cm³/mol. The zero-order chi connectivity index (χ0) is 22.0. The van der Waals surface area contributed by atoms with Gasteiger partial charge >= 0.3 is 11.9 Å². The number of nitrogens with one attached hydrogen (secondary N) is 1. The Morgan fingerprint density at radius 2 is 2.03 bits per heavy atom. The van der Waals surface area contributed by atoms with E-state index in [0.717, 1.165) is 25.1 Å². The number of aliphatic hydroxyl groups is 2. The summed E-state index contributed by atoms with van der Waals surface area (Å²) in [5, 5.41) is 21.2. The molecule has 0 aromatic heterocycles. The Hall–Kier alpha value is -1.74. The van der Waals surface area contributed by atoms with Crippen LogP contribution in [0.3, 0.4) is 0 Å². The van der Waals surface area contributed by atoms with Crippen LogP contribution in [-0.4, -0.2) is 78.4 Å². The SMILES string of the molecule is C/C=C(\C)C(=O)O[C@@H]1CC[NH+]2CC=C(COC(=O)[C@](O)([C@H](C)OC)C(C)(C)O)[C@H]12. The third kappa shape index (κ3) is 4.55. The van der Waals surface area contributed by atoms with Gasteiger partial charge in [0.15, 0.2) is 12.1 Å². The van der Waals surface area contributed by atoms with Crippen LogP contribution in [-0.2, 0) is 23.8 Å². The number of carbonyl (C=O) groups is 2. The first-order valence-corrected chi connectivity index (χ1v) is 9.99. The van der Waals surface area contributed by atoms with Gasteiger partial charge in [0.1, 0.15) is 12.2 Å². The molecule has 0 aromatic carbocycles. The van der Waals surface area contributed by atoms with Gasteiger partial charge in [-0.05, 0) is 40.7 Å². The van der Waals surface area contributed by atoms with Crippen LogP contribution in [0.4, 0.5) is 0 Å². The standard InChI is InChI=1S/C21H33NO7/c1-7-13(2)18(23)29-16-9-11-22-10-8-15(17(16)22)12-28-19(24)21(26,14(3)27-6)20(4,5)25/h7-8,14,16-17,25-26H,9-12H2,1-6H3/p+1/b13-7+/t14-,16+,17+,21+/m0/s1. The smallest absolute Gasteiger partial charge is 0.344 e. The first-order valence-electron chi connectivity index (χ1n) is 9.99. The first-order chi connectivity index (χ1) is 13.5. The lowest BCUT2D eigenvalue weighted by molar-refractivity contribution is -0.896. The van der Waals surface area contributed by atoms with Gasteiger partial charge in [-0.1, -0.05) is 6.08 Å². The van der Waals surface area contributed by atoms with Crippen LogP contribution in [0, 0.1) is 0 Å². The third-order valence-electron chi connectivity index (χ3n) is 6.16. The Labute approximate surface area is 172 Å². The van der Waals surface area contributed by atoms with Crippen molar-refractivity contribution in [2.24, 2.45) is 0 Å². The number of esters is 2. The monoisotopic (exact) mass is 412 g/mol. The van der Waals surface area contributed by atoms with Crippen molar-refractivity contribution in [3.8, 4) is 0 Å². The van der Waals surface area contributed by atoms with Gasteiger partial charge < -0.3 is 29.3 Å². The maximum atomic E-state index is 12.7. The first kappa shape index (κ1) is 23.5. The number of hydrogen-bond donors (Lipinski definition) is 3. The second-order valence-corrected chi connectivity index (χ2v) is 8.35. The van der Waals surface area contributed by atoms with Crippen LogP contribution in [0.2, 0.25) is 0 Å². The number of ether oxygens (including phenoxy) is 3. The number of methoxy groups -OCH3 is 1. The molecule has 5 atom stereocenters. The van der Waals surface area contributed by atoms with Crippen LogP contribution >= 0.6 is 0 Å². The van der Waals surface area contributed by atoms with E-state index in [1.165, 1.54) is 32.8 Å². The average molecular weight is 413 g/mol. The molecule has 2 heterocycles. The van der Waals surface area contributed by atoms with E-state index in [1.807, 2.05) is 6.08 Å². The van der Waals surface area contributed by atoms with Crippen molar-refractivity contribution >= 4 is 11.9 Å². The van der Waals surface area contributed by atoms with Crippen molar-refractivity contribution in [1.29, 1.82) is 0 Å². The number of allylic oxidation sites excluding steroid dienone is 1. The van der Waals surface area contributed by atoms with Gasteiger partial charge in [0.05, 0.1) is 19.2 Å². The fourth-order valence-electron chi connectivity index (χ4n) is 4.00. The normalized spacial score (nSPS) is 27.7. The van der Waals surface area contributed by atoms with Gasteiger partial charge in [0.25, 0.3) is 0 Å². The quantitative estimate of drug-likeness (QED) is 0.281. The molecule has 0 aromatic rings. The van der Waals surface area contributed by atoms with Crippen LogP contribution in [0.25, 0.3) is 0 Å². The van der Waals surface area contributed by atoms with Crippen molar-refractivity contribution in [1.82, 2.24) is 0 Å². The van der Waals surface area contributed by atoms with E-state index in [9.17, 15) is 19.8 Å². The third-order valence-corrected chi connectivity index (χ3v) is 6.16. The molecule has 29 heavy (non-hydrogen) atoms. The summed E-state index contributed by atoms with van der Waals surface area (Å²) in [4.78, 5) is 26.1. The van der Waals surface area contributed by atoms with E-state index < -0.39 is 23.3 Å². The Morgan fingerprint density at radius 1 is 1.38 bits per heavy atom. The van der Waals surface area contributed by atoms with Crippen molar-refractivity contribution in [3.05, 3.63) is 23.3 Å². The topological polar surface area (TPSA) is 107 Å². The number of rotatable bonds is 8. The fraction of sp³-hybridized carbons (Fsp3) is 0.714. The molecule has 0 spiro atoms. The average Bonchev–Trinajstić information content (AvgIpc) is 3.26. The summed E-state index contributed by atoms with van der Waals surface area (Å²) in [7, 11) is 1.35. The van der Waals surface area contributed by atoms with Crippen molar-refractivity contribution in [2.75, 3.05) is 26.8 Å². The second kappa shape index (κ2) is 8.95. The number of fused-ring (bicyclic) bond motifs is 1. The van der Waals surface area contributed by atoms with E-state index in [0.29, 0.717) is 5.57 Å². The van der Waals surface area contributed by atoms with Gasteiger partial charge in [-0.25, -0.2) is 9.59 Å². The van der Waals surface area contributed by atoms with Crippen molar-refractivity contribution in [2.45, 2.75) is 70.5 Å². The zero-order valence-electron chi connectivity index (χ0n) is 18.2. The van der Waals surface area contributed by atoms with E-state index in [4.69, 9.17) is 14.2 Å². The molecule has 2 aliphatic heterocycles. The summed E-state index contributed by atoms with van der Waals surface area (Å²) in [6, 6.07) is -0.0773. The molecule has 8 heteroatoms. The lowest BCUT2D eigenvalue weighted by Gasteiger charge is -2.39. The molecule has 8 nitrogen and oxygen atoms in total. The highest BCUT2D eigenvalue weighted by molar-refractivity contribution is 5.87. The van der Waals surface area contributed by atoms with Crippen LogP contribution < -0.4 is 4.90 Å². The molecular formula is C21H34NO7+. The van der Waals surface area contributed by atoms with Crippen molar-refractivity contribution in [3.63, 3.8) is 0 Å². The Balaban J connectivity index is 2.08. The molecular weight excluding hydrogens is 378 g/mol. The summed E-state index contributed by atoms with van der Waals surface area (Å²) >= 11 is 0. The van der Waals surface area contributed by atoms with Gasteiger partial charge in [0, 0.05) is 24.7 Å². The summed E-state index contributed by atoms with van der Waals surface area (Å²) in [6.07, 6.45) is 3.18. The molecule has 0 aliphatic carbocycles. The van der Waals surface area contributed by atoms with Gasteiger partial charge in [-0.3, -0.25) is 0 Å². The molecule has 2 rings (SSSR count). The van der Waals surface area contributed by atoms with E-state index >= 15 is 0 Å². The summed E-state index contributed by atoms with van der Waals surface area (Å²) in [5.74, 6) is -1.29. The maximum Gasteiger partial charge on any atom is 0.344 e. The molecule has 1 fully saturated rings. The fourth-order valence-corrected chi connectivity index (χ4v) is 4.00. The Kier molecular flexibility index (Phi) is 7.27. The molecule has 3 N–H and O–H groups in total. The lowest BCUT2D eigenvalue weighted by Crippen LogP contribution is -3.12. The molecule has 1 saturated heterocycles. The summed E-state index contributed by atoms with van der Waals surface area (Å²) in [6.45, 7) is 9.24. The van der Waals surface area contributed by atoms with Gasteiger partial charge in [0.2, 0.25) is 5.60 Å². The Morgan fingerprint density at radius 3 is 2.59 bits per heavy atom. The molecule has 0 amide bonds. The maximum absolute atomic E-state index is 12.7. The second-order valence-electron chi connectivity index (χ2n) is 8.35. The van der Waals surface area contributed by atoms with E-state index in [1.54, 1.807) is 19.9 Å². The van der Waals surface area contributed by atoms with Crippen LogP contribution in [0.15, 0.2) is 23.3 Å². The molecule has 1 unspecified atom stereocenters. The van der Waals surface area contributed by atoms with Crippen LogP contribution in [0.1, 0.15) is 41.0 Å². The van der Waals surface area contributed by atoms with Crippen LogP contribution in [0.5, 0.6) is 0 Å². The van der Waals surface area contributed by atoms with Gasteiger partial charge in [-0.15, -0.1) is 0 Å². The highest BCUT2D eigenvalue weighted by atomic mass is 16.6. The lowest BCUT2D eigenvalue weighted by atomic mass is 9.81. The van der Waals surface area contributed by atoms with E-state index in [-0.39, 0.29) is 24.7 Å². The van der Waals surface area contributed by atoms with E-state index in [2.05, 4.69) is 0 Å². The zero-order valence-corrected chi connectivity index (χ0v) is 18.2. The highest BCUT2D eigenvalue weighted by Gasteiger charge is 2.55. The van der Waals surface area contributed by atoms with Crippen molar-refractivity contribution < 1.29 is 38.9 Å². The Bertz CT molecular complexity index is 694. The predicted octanol–water partition coefficient (Wildman–Crippen LogP) is -0.458. The molecule has 0 bridgehead atoms. The largest absolute Gasteiger partial charge is 0.459 e. The number of quaternary nitrogens is 1. The summed E-state index contributed by atoms with van der Waals surface area (Å²) in [5.41, 5.74) is -2.59. The minimum Gasteiger partial charge on any atom is -0.459 e. The minimum atomic E-state index is -2.22. The highest BCUT2D eigenvalue weighted by Crippen LogP contribution is 2.29. The molecule has 2 aliphatic rings. The molecule has 0 saturated carbocycles. The van der Waals surface area contributed by atoms with Gasteiger partial charge in [-0.2, -0.15) is 0 Å². The number of hydrogen-bond acceptors (Lipinski definition) is 7.